The van der Waals surface area contributed by atoms with Crippen LogP contribution in [0.15, 0.2) is 29.2 Å². The number of hydrogen-bond donors (Lipinski definition) is 0. The van der Waals surface area contributed by atoms with Crippen LogP contribution in [0.1, 0.15) is 31.2 Å². The lowest BCUT2D eigenvalue weighted by Gasteiger charge is -2.18. The summed E-state index contributed by atoms with van der Waals surface area (Å²) in [5.41, 5.74) is 2.07. The maximum Gasteiger partial charge on any atom is 0.294 e. The first-order valence-corrected chi connectivity index (χ1v) is 10.3. The number of anilines is 1. The van der Waals surface area contributed by atoms with Gasteiger partial charge in [-0.2, -0.15) is 0 Å². The smallest absolute Gasteiger partial charge is 0.294 e. The second kappa shape index (κ2) is 7.76. The molecule has 142 valence electrons. The molecule has 0 unspecified atom stereocenters. The Balaban J connectivity index is 1.43. The lowest BCUT2D eigenvalue weighted by molar-refractivity contribution is -0.135. The number of benzene rings is 1. The Bertz CT molecular complexity index is 778. The van der Waals surface area contributed by atoms with Crippen LogP contribution in [0.2, 0.25) is 0 Å². The molecule has 0 atom stereocenters. The van der Waals surface area contributed by atoms with Crippen molar-refractivity contribution >= 4 is 40.6 Å². The molecule has 0 N–H and O–H groups in total. The molecular weight excluding hydrogens is 362 g/mol. The van der Waals surface area contributed by atoms with E-state index in [9.17, 15) is 14.4 Å². The number of rotatable bonds is 4. The molecule has 0 aliphatic carbocycles. The number of likely N-dealkylation sites (tertiary alicyclic amines) is 1. The summed E-state index contributed by atoms with van der Waals surface area (Å²) in [6.45, 7) is 3.45. The molecule has 0 saturated carbocycles. The minimum absolute atomic E-state index is 0.147. The summed E-state index contributed by atoms with van der Waals surface area (Å²) in [6, 6.07) is 8.05. The minimum atomic E-state index is -0.374. The Morgan fingerprint density at radius 3 is 2.26 bits per heavy atom. The van der Waals surface area contributed by atoms with Crippen LogP contribution >= 0.6 is 11.8 Å². The van der Waals surface area contributed by atoms with Gasteiger partial charge >= 0.3 is 0 Å². The van der Waals surface area contributed by atoms with Gasteiger partial charge in [-0.25, -0.2) is 0 Å². The highest BCUT2D eigenvalue weighted by atomic mass is 32.2. The van der Waals surface area contributed by atoms with E-state index in [-0.39, 0.29) is 23.6 Å². The van der Waals surface area contributed by atoms with Gasteiger partial charge in [-0.15, -0.1) is 0 Å². The molecule has 3 aliphatic heterocycles. The van der Waals surface area contributed by atoms with Gasteiger partial charge in [0.15, 0.2) is 0 Å². The van der Waals surface area contributed by atoms with Crippen molar-refractivity contribution in [3.63, 3.8) is 0 Å². The number of carbonyl (C=O) groups excluding carboxylic acids is 3. The Kier molecular flexibility index (Phi) is 5.20. The maximum absolute atomic E-state index is 12.6. The average Bonchev–Trinajstić information content (AvgIpc) is 3.42. The van der Waals surface area contributed by atoms with Gasteiger partial charge < -0.3 is 9.80 Å². The molecule has 0 spiro atoms. The van der Waals surface area contributed by atoms with E-state index in [0.29, 0.717) is 18.0 Å². The second-order valence-corrected chi connectivity index (χ2v) is 8.13. The zero-order chi connectivity index (χ0) is 18.8. The first-order valence-electron chi connectivity index (χ1n) is 9.50. The molecular formula is C20H23N3O3S. The van der Waals surface area contributed by atoms with Gasteiger partial charge in [0, 0.05) is 31.9 Å². The second-order valence-electron chi connectivity index (χ2n) is 7.14. The summed E-state index contributed by atoms with van der Waals surface area (Å²) < 4.78 is 0. The van der Waals surface area contributed by atoms with Crippen LogP contribution in [-0.2, 0) is 9.59 Å². The number of imide groups is 1. The van der Waals surface area contributed by atoms with E-state index < -0.39 is 0 Å². The van der Waals surface area contributed by atoms with Crippen LogP contribution in [0.3, 0.4) is 0 Å². The van der Waals surface area contributed by atoms with E-state index in [1.807, 2.05) is 12.1 Å². The summed E-state index contributed by atoms with van der Waals surface area (Å²) in [5.74, 6) is -0.521. The number of nitrogens with zero attached hydrogens (tertiary/aromatic N) is 3. The summed E-state index contributed by atoms with van der Waals surface area (Å²) >= 11 is 0.908. The van der Waals surface area contributed by atoms with Crippen LogP contribution in [-0.4, -0.2) is 59.6 Å². The van der Waals surface area contributed by atoms with E-state index in [0.717, 1.165) is 48.2 Å². The Morgan fingerprint density at radius 2 is 1.59 bits per heavy atom. The summed E-state index contributed by atoms with van der Waals surface area (Å²) in [4.78, 5) is 42.6. The zero-order valence-electron chi connectivity index (χ0n) is 15.2. The molecule has 3 amide bonds. The van der Waals surface area contributed by atoms with Crippen LogP contribution in [0.4, 0.5) is 10.5 Å². The van der Waals surface area contributed by atoms with Crippen molar-refractivity contribution in [3.05, 3.63) is 34.7 Å². The van der Waals surface area contributed by atoms with Crippen molar-refractivity contribution in [1.82, 2.24) is 9.80 Å². The normalized spacial score (nSPS) is 21.8. The van der Waals surface area contributed by atoms with Crippen molar-refractivity contribution in [2.75, 3.05) is 37.6 Å². The van der Waals surface area contributed by atoms with E-state index in [1.165, 1.54) is 18.5 Å². The van der Waals surface area contributed by atoms with Gasteiger partial charge in [0.2, 0.25) is 5.91 Å². The number of amides is 3. The molecule has 0 radical (unpaired) electrons. The monoisotopic (exact) mass is 385 g/mol. The Labute approximate surface area is 163 Å². The standard InChI is InChI=1S/C20H23N3O3S/c24-18(22-11-3-4-12-22)14-23-19(25)17(27-20(23)26)13-15-5-7-16(8-6-15)21-9-1-2-10-21/h5-8,13H,1-4,9-12,14H2/b17-13+. The summed E-state index contributed by atoms with van der Waals surface area (Å²) in [6.07, 6.45) is 6.16. The summed E-state index contributed by atoms with van der Waals surface area (Å²) in [7, 11) is 0. The van der Waals surface area contributed by atoms with Crippen molar-refractivity contribution in [2.24, 2.45) is 0 Å². The third-order valence-electron chi connectivity index (χ3n) is 5.29. The lowest BCUT2D eigenvalue weighted by Crippen LogP contribution is -2.40. The Hall–Kier alpha value is -2.28. The van der Waals surface area contributed by atoms with Crippen LogP contribution in [0.25, 0.3) is 6.08 Å². The molecule has 4 rings (SSSR count). The predicted molar refractivity (Wildman–Crippen MR) is 106 cm³/mol. The molecule has 7 heteroatoms. The van der Waals surface area contributed by atoms with E-state index in [4.69, 9.17) is 0 Å². The summed E-state index contributed by atoms with van der Waals surface area (Å²) in [5, 5.41) is -0.368. The fraction of sp³-hybridized carbons (Fsp3) is 0.450. The van der Waals surface area contributed by atoms with Gasteiger partial charge in [0.05, 0.1) is 4.91 Å². The molecule has 6 nitrogen and oxygen atoms in total. The first kappa shape index (κ1) is 18.1. The van der Waals surface area contributed by atoms with E-state index in [2.05, 4.69) is 17.0 Å². The van der Waals surface area contributed by atoms with Gasteiger partial charge in [-0.05, 0) is 61.2 Å². The minimum Gasteiger partial charge on any atom is -0.372 e. The molecule has 3 heterocycles. The van der Waals surface area contributed by atoms with Crippen molar-refractivity contribution in [2.45, 2.75) is 25.7 Å². The molecule has 3 aliphatic rings. The first-order chi connectivity index (χ1) is 13.1. The molecule has 0 aromatic heterocycles. The van der Waals surface area contributed by atoms with E-state index in [1.54, 1.807) is 11.0 Å². The fourth-order valence-electron chi connectivity index (χ4n) is 3.75. The number of hydrogen-bond acceptors (Lipinski definition) is 5. The van der Waals surface area contributed by atoms with E-state index >= 15 is 0 Å². The largest absolute Gasteiger partial charge is 0.372 e. The van der Waals surface area contributed by atoms with Crippen LogP contribution < -0.4 is 4.90 Å². The highest BCUT2D eigenvalue weighted by molar-refractivity contribution is 8.18. The lowest BCUT2D eigenvalue weighted by atomic mass is 10.2. The molecule has 27 heavy (non-hydrogen) atoms. The topological polar surface area (TPSA) is 60.9 Å². The average molecular weight is 385 g/mol. The molecule has 3 saturated heterocycles. The predicted octanol–water partition coefficient (Wildman–Crippen LogP) is 2.95. The highest BCUT2D eigenvalue weighted by Gasteiger charge is 2.37. The van der Waals surface area contributed by atoms with Crippen molar-refractivity contribution in [1.29, 1.82) is 0 Å². The SMILES string of the molecule is O=C(CN1C(=O)S/C(=C/c2ccc(N3CCCC3)cc2)C1=O)N1CCCC1. The molecule has 1 aromatic rings. The van der Waals surface area contributed by atoms with Crippen LogP contribution in [0.5, 0.6) is 0 Å². The third kappa shape index (κ3) is 3.88. The molecule has 3 fully saturated rings. The molecule has 0 bridgehead atoms. The van der Waals surface area contributed by atoms with Gasteiger partial charge in [0.25, 0.3) is 11.1 Å². The van der Waals surface area contributed by atoms with Gasteiger partial charge in [0.1, 0.15) is 6.54 Å². The fourth-order valence-corrected chi connectivity index (χ4v) is 4.58. The Morgan fingerprint density at radius 1 is 0.963 bits per heavy atom. The quantitative estimate of drug-likeness (QED) is 0.746. The zero-order valence-corrected chi connectivity index (χ0v) is 16.0. The van der Waals surface area contributed by atoms with Crippen molar-refractivity contribution in [3.8, 4) is 0 Å². The maximum atomic E-state index is 12.6. The number of carbonyl (C=O) groups is 3. The third-order valence-corrected chi connectivity index (χ3v) is 6.20. The highest BCUT2D eigenvalue weighted by Crippen LogP contribution is 2.32. The molecule has 1 aromatic carbocycles. The van der Waals surface area contributed by atoms with Gasteiger partial charge in [-0.1, -0.05) is 12.1 Å². The van der Waals surface area contributed by atoms with Crippen molar-refractivity contribution < 1.29 is 14.4 Å². The van der Waals surface area contributed by atoms with Crippen LogP contribution in [0, 0.1) is 0 Å². The number of thioether (sulfide) groups is 1. The van der Waals surface area contributed by atoms with Gasteiger partial charge in [-0.3, -0.25) is 19.3 Å².